The van der Waals surface area contributed by atoms with Crippen LogP contribution >= 0.6 is 0 Å². The van der Waals surface area contributed by atoms with Crippen molar-refractivity contribution in [3.05, 3.63) is 82.7 Å². The fourth-order valence-corrected chi connectivity index (χ4v) is 2.00. The van der Waals surface area contributed by atoms with E-state index in [2.05, 4.69) is 4.98 Å². The smallest absolute Gasteiger partial charge is 0.160 e. The van der Waals surface area contributed by atoms with Crippen LogP contribution in [0, 0.1) is 13.8 Å². The highest BCUT2D eigenvalue weighted by Crippen LogP contribution is 2.14. The lowest BCUT2D eigenvalue weighted by atomic mass is 10.0. The van der Waals surface area contributed by atoms with E-state index in [0.717, 1.165) is 28.7 Å². The molecule has 0 spiro atoms. The molecule has 0 aliphatic carbocycles. The van der Waals surface area contributed by atoms with E-state index in [9.17, 15) is 9.59 Å². The van der Waals surface area contributed by atoms with Gasteiger partial charge in [-0.05, 0) is 33.8 Å². The number of Topliss-reactive ketones (excluding diaryl/α,β-unsaturated/α-hetero) is 1. The molecule has 1 aromatic carbocycles. The van der Waals surface area contributed by atoms with Crippen LogP contribution in [-0.2, 0) is 0 Å². The van der Waals surface area contributed by atoms with Gasteiger partial charge in [0.05, 0.1) is 0 Å². The van der Waals surface area contributed by atoms with Gasteiger partial charge in [-0.2, -0.15) is 0 Å². The number of rotatable bonds is 4. The van der Waals surface area contributed by atoms with Crippen LogP contribution < -0.4 is 0 Å². The number of aldehydes is 1. The van der Waals surface area contributed by atoms with Gasteiger partial charge in [-0.1, -0.05) is 81.8 Å². The quantitative estimate of drug-likeness (QED) is 0.324. The van der Waals surface area contributed by atoms with E-state index in [0.29, 0.717) is 0 Å². The highest BCUT2D eigenvalue weighted by Gasteiger charge is 2.06. The van der Waals surface area contributed by atoms with Crippen molar-refractivity contribution in [3.8, 4) is 0 Å². The maximum atomic E-state index is 11.4. The van der Waals surface area contributed by atoms with Crippen molar-refractivity contribution < 1.29 is 9.59 Å². The fourth-order valence-electron chi connectivity index (χ4n) is 2.00. The Bertz CT molecular complexity index is 742. The first-order valence-electron chi connectivity index (χ1n) is 9.77. The number of benzene rings is 1. The van der Waals surface area contributed by atoms with Crippen molar-refractivity contribution in [2.75, 3.05) is 0 Å². The second-order valence-electron chi connectivity index (χ2n) is 5.33. The predicted molar refractivity (Wildman–Crippen MR) is 122 cm³/mol. The molecule has 0 atom stereocenters. The maximum absolute atomic E-state index is 11.4. The zero-order chi connectivity index (χ0) is 21.9. The van der Waals surface area contributed by atoms with E-state index in [1.54, 1.807) is 19.2 Å². The number of aryl methyl sites for hydroxylation is 2. The molecule has 0 radical (unpaired) electrons. The molecule has 2 aromatic rings. The maximum Gasteiger partial charge on any atom is 0.160 e. The Labute approximate surface area is 171 Å². The summed E-state index contributed by atoms with van der Waals surface area (Å²) in [6.07, 6.45) is 10.2. The van der Waals surface area contributed by atoms with Crippen molar-refractivity contribution in [2.45, 2.75) is 55.4 Å². The molecule has 0 unspecified atom stereocenters. The summed E-state index contributed by atoms with van der Waals surface area (Å²) >= 11 is 0. The van der Waals surface area contributed by atoms with Crippen molar-refractivity contribution in [1.29, 1.82) is 0 Å². The molecule has 0 fully saturated rings. The molecular weight excluding hydrogens is 346 g/mol. The lowest BCUT2D eigenvalue weighted by Crippen LogP contribution is -1.99. The van der Waals surface area contributed by atoms with E-state index < -0.39 is 0 Å². The Morgan fingerprint density at radius 2 is 1.50 bits per heavy atom. The zero-order valence-electron chi connectivity index (χ0n) is 18.6. The Morgan fingerprint density at radius 3 is 1.96 bits per heavy atom. The van der Waals surface area contributed by atoms with E-state index in [4.69, 9.17) is 0 Å². The van der Waals surface area contributed by atoms with Crippen LogP contribution in [0.25, 0.3) is 6.08 Å². The second kappa shape index (κ2) is 17.6. The number of carbonyl (C=O) groups excluding carboxylic acids is 2. The third-order valence-corrected chi connectivity index (χ3v) is 3.35. The number of allylic oxidation sites excluding steroid dienone is 3. The number of hydrogen-bond donors (Lipinski definition) is 0. The molecule has 0 aliphatic heterocycles. The zero-order valence-corrected chi connectivity index (χ0v) is 18.6. The highest BCUT2D eigenvalue weighted by atomic mass is 16.1. The van der Waals surface area contributed by atoms with Gasteiger partial charge in [-0.3, -0.25) is 14.6 Å². The van der Waals surface area contributed by atoms with E-state index in [1.807, 2.05) is 97.0 Å². The van der Waals surface area contributed by atoms with E-state index in [-0.39, 0.29) is 5.78 Å². The number of ketones is 1. The first-order valence-corrected chi connectivity index (χ1v) is 9.77. The van der Waals surface area contributed by atoms with Crippen LogP contribution in [0.3, 0.4) is 0 Å². The average Bonchev–Trinajstić information content (AvgIpc) is 2.73. The normalized spacial score (nSPS) is 9.43. The van der Waals surface area contributed by atoms with Gasteiger partial charge in [0.2, 0.25) is 0 Å². The largest absolute Gasteiger partial charge is 0.298 e. The van der Waals surface area contributed by atoms with Crippen molar-refractivity contribution in [1.82, 2.24) is 4.98 Å². The standard InChI is InChI=1S/C13H15NO.C8H8O.2C2H6/c1-4-5-6-7-12-10(2)14-9-8-13(12)11(3)15;1-7-2-4-8(6-9)5-3-7;2*1-2/h4-9H,1-3H3;2-6H,1H3;2*1-2H3/b5-4-,7-6-;;;. The summed E-state index contributed by atoms with van der Waals surface area (Å²) in [5.41, 5.74) is 4.43. The minimum Gasteiger partial charge on any atom is -0.298 e. The summed E-state index contributed by atoms with van der Waals surface area (Å²) in [5.74, 6) is 0.0700. The van der Waals surface area contributed by atoms with Crippen molar-refractivity contribution in [3.63, 3.8) is 0 Å². The molecule has 0 aliphatic rings. The highest BCUT2D eigenvalue weighted by molar-refractivity contribution is 5.97. The van der Waals surface area contributed by atoms with Gasteiger partial charge in [0.1, 0.15) is 6.29 Å². The SMILES string of the molecule is C/C=C\C=C/c1c(C(C)=O)ccnc1C.CC.CC.Cc1ccc(C=O)cc1. The molecule has 28 heavy (non-hydrogen) atoms. The Kier molecular flexibility index (Phi) is 17.2. The Morgan fingerprint density at radius 1 is 0.929 bits per heavy atom. The van der Waals surface area contributed by atoms with Crippen LogP contribution in [0.15, 0.2) is 54.8 Å². The molecule has 2 rings (SSSR count). The molecule has 152 valence electrons. The van der Waals surface area contributed by atoms with Crippen LogP contribution in [0.1, 0.15) is 79.1 Å². The lowest BCUT2D eigenvalue weighted by molar-refractivity contribution is 0.101. The molecular formula is C25H35NO2. The van der Waals surface area contributed by atoms with Crippen LogP contribution in [-0.4, -0.2) is 17.1 Å². The first kappa shape index (κ1) is 27.4. The van der Waals surface area contributed by atoms with E-state index >= 15 is 0 Å². The number of aromatic nitrogens is 1. The summed E-state index contributed by atoms with van der Waals surface area (Å²) in [6.45, 7) is 15.4. The average molecular weight is 382 g/mol. The van der Waals surface area contributed by atoms with Gasteiger partial charge >= 0.3 is 0 Å². The summed E-state index contributed by atoms with van der Waals surface area (Å²) < 4.78 is 0. The molecule has 0 amide bonds. The van der Waals surface area contributed by atoms with Gasteiger partial charge in [-0.25, -0.2) is 0 Å². The Balaban J connectivity index is 0. The minimum absolute atomic E-state index is 0.0700. The number of pyridine rings is 1. The number of hydrogen-bond acceptors (Lipinski definition) is 3. The van der Waals surface area contributed by atoms with Crippen molar-refractivity contribution in [2.24, 2.45) is 0 Å². The summed E-state index contributed by atoms with van der Waals surface area (Å²) in [6, 6.07) is 9.21. The van der Waals surface area contributed by atoms with Gasteiger partial charge in [0.25, 0.3) is 0 Å². The Hall–Kier alpha value is -2.81. The predicted octanol–water partition coefficient (Wildman–Crippen LogP) is 7.04. The van der Waals surface area contributed by atoms with E-state index in [1.165, 1.54) is 5.56 Å². The van der Waals surface area contributed by atoms with Gasteiger partial charge < -0.3 is 0 Å². The topological polar surface area (TPSA) is 47.0 Å². The molecule has 0 saturated carbocycles. The third-order valence-electron chi connectivity index (χ3n) is 3.35. The molecule has 0 bridgehead atoms. The summed E-state index contributed by atoms with van der Waals surface area (Å²) in [7, 11) is 0. The van der Waals surface area contributed by atoms with Crippen LogP contribution in [0.5, 0.6) is 0 Å². The van der Waals surface area contributed by atoms with Gasteiger partial charge in [-0.15, -0.1) is 0 Å². The summed E-state index contributed by atoms with van der Waals surface area (Å²) in [4.78, 5) is 25.7. The monoisotopic (exact) mass is 381 g/mol. The summed E-state index contributed by atoms with van der Waals surface area (Å²) in [5, 5.41) is 0. The van der Waals surface area contributed by atoms with Gasteiger partial charge in [0.15, 0.2) is 5.78 Å². The molecule has 0 N–H and O–H groups in total. The fraction of sp³-hybridized carbons (Fsp3) is 0.320. The molecule has 0 saturated heterocycles. The third kappa shape index (κ3) is 11.0. The molecule has 1 aromatic heterocycles. The van der Waals surface area contributed by atoms with Crippen molar-refractivity contribution >= 4 is 18.1 Å². The molecule has 3 nitrogen and oxygen atoms in total. The first-order chi connectivity index (χ1) is 13.5. The molecule has 1 heterocycles. The van der Waals surface area contributed by atoms with Gasteiger partial charge in [0, 0.05) is 28.6 Å². The van der Waals surface area contributed by atoms with Crippen LogP contribution in [0.4, 0.5) is 0 Å². The number of carbonyl (C=O) groups is 2. The lowest BCUT2D eigenvalue weighted by Gasteiger charge is -2.04. The molecule has 3 heteroatoms. The number of nitrogens with zero attached hydrogens (tertiary/aromatic N) is 1. The second-order valence-corrected chi connectivity index (χ2v) is 5.33. The minimum atomic E-state index is 0.0700. The van der Waals surface area contributed by atoms with Crippen LogP contribution in [0.2, 0.25) is 0 Å².